The number of amides is 2. The number of anilines is 1. The van der Waals surface area contributed by atoms with E-state index in [2.05, 4.69) is 5.32 Å². The van der Waals surface area contributed by atoms with Gasteiger partial charge in [0.1, 0.15) is 5.75 Å². The zero-order valence-electron chi connectivity index (χ0n) is 19.7. The number of aromatic nitrogens is 1. The standard InChI is InChI=1S/C29H23N3O5/c30-28(35)18-7-10-20(11-8-18)31-25(34)16-37-29(36)26-22-3-1-2-4-24(22)32-27-19(9-14-23(26)27)15-17-5-12-21(33)13-6-17/h1-8,10-13,15,33H,9,14,16H2,(H2,30,35)(H,31,34)/b19-15-. The Balaban J connectivity index is 1.39. The number of benzene rings is 3. The molecular formula is C29H23N3O5. The molecule has 8 nitrogen and oxygen atoms in total. The molecule has 0 aliphatic heterocycles. The third kappa shape index (κ3) is 5.04. The van der Waals surface area contributed by atoms with E-state index in [-0.39, 0.29) is 5.75 Å². The molecule has 1 aromatic heterocycles. The Bertz CT molecular complexity index is 1560. The lowest BCUT2D eigenvalue weighted by Gasteiger charge is -2.12. The van der Waals surface area contributed by atoms with Gasteiger partial charge in [0.05, 0.1) is 16.8 Å². The molecule has 0 spiro atoms. The summed E-state index contributed by atoms with van der Waals surface area (Å²) in [4.78, 5) is 41.7. The normalized spacial score (nSPS) is 13.4. The molecule has 4 aromatic rings. The lowest BCUT2D eigenvalue weighted by Crippen LogP contribution is -2.22. The molecule has 0 bridgehead atoms. The molecule has 4 N–H and O–H groups in total. The summed E-state index contributed by atoms with van der Waals surface area (Å²) >= 11 is 0. The monoisotopic (exact) mass is 493 g/mol. The predicted octanol–water partition coefficient (Wildman–Crippen LogP) is 4.32. The van der Waals surface area contributed by atoms with Crippen molar-refractivity contribution in [1.29, 1.82) is 0 Å². The number of carbonyl (C=O) groups is 3. The first-order valence-electron chi connectivity index (χ1n) is 11.7. The van der Waals surface area contributed by atoms with Crippen molar-refractivity contribution in [2.75, 3.05) is 11.9 Å². The summed E-state index contributed by atoms with van der Waals surface area (Å²) in [5.74, 6) is -1.48. The summed E-state index contributed by atoms with van der Waals surface area (Å²) in [5.41, 5.74) is 10.5. The number of carbonyl (C=O) groups excluding carboxylic acids is 3. The second kappa shape index (κ2) is 9.94. The van der Waals surface area contributed by atoms with Gasteiger partial charge in [-0.3, -0.25) is 9.59 Å². The molecule has 37 heavy (non-hydrogen) atoms. The highest BCUT2D eigenvalue weighted by Gasteiger charge is 2.28. The number of fused-ring (bicyclic) bond motifs is 2. The number of nitrogens with zero attached hydrogens (tertiary/aromatic N) is 1. The number of esters is 1. The largest absolute Gasteiger partial charge is 0.508 e. The highest BCUT2D eigenvalue weighted by molar-refractivity contribution is 6.08. The molecule has 0 atom stereocenters. The second-order valence-corrected chi connectivity index (χ2v) is 8.66. The van der Waals surface area contributed by atoms with Crippen LogP contribution in [0.25, 0.3) is 22.6 Å². The number of pyridine rings is 1. The minimum Gasteiger partial charge on any atom is -0.508 e. The van der Waals surface area contributed by atoms with Gasteiger partial charge in [-0.1, -0.05) is 30.3 Å². The fourth-order valence-electron chi connectivity index (χ4n) is 4.40. The maximum Gasteiger partial charge on any atom is 0.339 e. The van der Waals surface area contributed by atoms with E-state index in [4.69, 9.17) is 15.5 Å². The van der Waals surface area contributed by atoms with Crippen LogP contribution in [-0.2, 0) is 16.0 Å². The Hall–Kier alpha value is -4.98. The average molecular weight is 494 g/mol. The Labute approximate surface area is 212 Å². The van der Waals surface area contributed by atoms with Crippen LogP contribution in [0.3, 0.4) is 0 Å². The molecule has 0 saturated heterocycles. The second-order valence-electron chi connectivity index (χ2n) is 8.66. The number of hydrogen-bond acceptors (Lipinski definition) is 6. The smallest absolute Gasteiger partial charge is 0.339 e. The van der Waals surface area contributed by atoms with Gasteiger partial charge in [0.15, 0.2) is 6.61 Å². The lowest BCUT2D eigenvalue weighted by atomic mass is 10.0. The number of phenols is 1. The first-order chi connectivity index (χ1) is 17.9. The molecule has 3 aromatic carbocycles. The SMILES string of the molecule is NC(=O)c1ccc(NC(=O)COC(=O)c2c3c(nc4ccccc24)/C(=C\c2ccc(O)cc2)CC3)cc1. The van der Waals surface area contributed by atoms with E-state index in [0.29, 0.717) is 40.6 Å². The van der Waals surface area contributed by atoms with Crippen molar-refractivity contribution in [3.8, 4) is 5.75 Å². The van der Waals surface area contributed by atoms with Crippen LogP contribution in [0.4, 0.5) is 5.69 Å². The van der Waals surface area contributed by atoms with E-state index in [1.54, 1.807) is 24.3 Å². The predicted molar refractivity (Wildman–Crippen MR) is 140 cm³/mol. The maximum absolute atomic E-state index is 13.3. The Morgan fingerprint density at radius 3 is 2.43 bits per heavy atom. The van der Waals surface area contributed by atoms with Crippen LogP contribution >= 0.6 is 0 Å². The highest BCUT2D eigenvalue weighted by atomic mass is 16.5. The summed E-state index contributed by atoms with van der Waals surface area (Å²) in [6.07, 6.45) is 3.31. The minimum absolute atomic E-state index is 0.190. The highest BCUT2D eigenvalue weighted by Crippen LogP contribution is 2.38. The van der Waals surface area contributed by atoms with E-state index in [1.165, 1.54) is 12.1 Å². The Morgan fingerprint density at radius 2 is 1.70 bits per heavy atom. The van der Waals surface area contributed by atoms with Gasteiger partial charge in [-0.25, -0.2) is 9.78 Å². The van der Waals surface area contributed by atoms with Gasteiger partial charge in [0.25, 0.3) is 5.91 Å². The van der Waals surface area contributed by atoms with Crippen LogP contribution in [0.1, 0.15) is 44.0 Å². The van der Waals surface area contributed by atoms with E-state index >= 15 is 0 Å². The number of phenolic OH excluding ortho intramolecular Hbond substituents is 1. The Morgan fingerprint density at radius 1 is 0.973 bits per heavy atom. The summed E-state index contributed by atoms with van der Waals surface area (Å²) in [5, 5.41) is 12.9. The number of para-hydroxylation sites is 1. The van der Waals surface area contributed by atoms with Gasteiger partial charge in [-0.05, 0) is 78.1 Å². The number of primary amides is 1. The zero-order chi connectivity index (χ0) is 25.9. The van der Waals surface area contributed by atoms with Gasteiger partial charge >= 0.3 is 5.97 Å². The number of nitrogens with one attached hydrogen (secondary N) is 1. The molecule has 5 rings (SSSR count). The van der Waals surface area contributed by atoms with Gasteiger partial charge in [0.2, 0.25) is 5.91 Å². The molecule has 1 aliphatic carbocycles. The fraction of sp³-hybridized carbons (Fsp3) is 0.103. The van der Waals surface area contributed by atoms with Gasteiger partial charge in [-0.2, -0.15) is 0 Å². The van der Waals surface area contributed by atoms with Crippen LogP contribution < -0.4 is 11.1 Å². The maximum atomic E-state index is 13.3. The van der Waals surface area contributed by atoms with Gasteiger partial charge in [-0.15, -0.1) is 0 Å². The quantitative estimate of drug-likeness (QED) is 0.343. The van der Waals surface area contributed by atoms with Crippen LogP contribution in [0.15, 0.2) is 72.8 Å². The summed E-state index contributed by atoms with van der Waals surface area (Å²) in [6.45, 7) is -0.474. The van der Waals surface area contributed by atoms with Crippen LogP contribution in [0.2, 0.25) is 0 Å². The molecule has 184 valence electrons. The van der Waals surface area contributed by atoms with Gasteiger partial charge < -0.3 is 20.9 Å². The molecule has 8 heteroatoms. The van der Waals surface area contributed by atoms with Crippen LogP contribution in [-0.4, -0.2) is 34.5 Å². The molecule has 1 heterocycles. The fourth-order valence-corrected chi connectivity index (χ4v) is 4.40. The minimum atomic E-state index is -0.597. The van der Waals surface area contributed by atoms with Crippen molar-refractivity contribution in [2.24, 2.45) is 5.73 Å². The summed E-state index contributed by atoms with van der Waals surface area (Å²) < 4.78 is 5.42. The van der Waals surface area contributed by atoms with Crippen molar-refractivity contribution >= 4 is 46.0 Å². The van der Waals surface area contributed by atoms with Crippen molar-refractivity contribution in [2.45, 2.75) is 12.8 Å². The topological polar surface area (TPSA) is 132 Å². The number of hydrogen-bond donors (Lipinski definition) is 3. The van der Waals surface area contributed by atoms with Crippen molar-refractivity contribution in [3.05, 3.63) is 101 Å². The van der Waals surface area contributed by atoms with E-state index in [1.807, 2.05) is 42.5 Å². The van der Waals surface area contributed by atoms with Crippen LogP contribution in [0, 0.1) is 0 Å². The summed E-state index contributed by atoms with van der Waals surface area (Å²) in [6, 6.07) is 20.3. The number of nitrogens with two attached hydrogens (primary N) is 1. The van der Waals surface area contributed by atoms with Crippen LogP contribution in [0.5, 0.6) is 5.75 Å². The lowest BCUT2D eigenvalue weighted by molar-refractivity contribution is -0.119. The molecule has 0 radical (unpaired) electrons. The molecule has 0 fully saturated rings. The van der Waals surface area contributed by atoms with Crippen molar-refractivity contribution in [1.82, 2.24) is 4.98 Å². The average Bonchev–Trinajstić information content (AvgIpc) is 3.29. The number of allylic oxidation sites excluding steroid dienone is 1. The molecular weight excluding hydrogens is 470 g/mol. The third-order valence-electron chi connectivity index (χ3n) is 6.17. The third-order valence-corrected chi connectivity index (χ3v) is 6.17. The Kier molecular flexibility index (Phi) is 6.38. The van der Waals surface area contributed by atoms with Crippen molar-refractivity contribution in [3.63, 3.8) is 0 Å². The van der Waals surface area contributed by atoms with E-state index in [0.717, 1.165) is 22.4 Å². The molecule has 1 aliphatic rings. The molecule has 0 unspecified atom stereocenters. The number of rotatable bonds is 6. The molecule has 2 amide bonds. The zero-order valence-corrected chi connectivity index (χ0v) is 19.7. The number of aromatic hydroxyl groups is 1. The molecule has 0 saturated carbocycles. The van der Waals surface area contributed by atoms with Gasteiger partial charge in [0, 0.05) is 16.6 Å². The van der Waals surface area contributed by atoms with Crippen molar-refractivity contribution < 1.29 is 24.2 Å². The number of ether oxygens (including phenoxy) is 1. The van der Waals surface area contributed by atoms with E-state index < -0.39 is 24.4 Å². The first-order valence-corrected chi connectivity index (χ1v) is 11.7. The summed E-state index contributed by atoms with van der Waals surface area (Å²) in [7, 11) is 0. The first kappa shape index (κ1) is 23.7. The van der Waals surface area contributed by atoms with E-state index in [9.17, 15) is 19.5 Å².